The van der Waals surface area contributed by atoms with Crippen LogP contribution in [0.15, 0.2) is 0 Å². The fourth-order valence-corrected chi connectivity index (χ4v) is 2.02. The van der Waals surface area contributed by atoms with E-state index in [0.29, 0.717) is 0 Å². The number of carbonyl (C=O) groups is 3. The Balaban J connectivity index is 3.05. The fourth-order valence-electron chi connectivity index (χ4n) is 2.02. The Kier molecular flexibility index (Phi) is 3.81. The van der Waals surface area contributed by atoms with Crippen LogP contribution in [0.3, 0.4) is 0 Å². The van der Waals surface area contributed by atoms with Crippen LogP contribution in [-0.2, 0) is 19.1 Å². The van der Waals surface area contributed by atoms with Gasteiger partial charge in [0, 0.05) is 18.9 Å². The third kappa shape index (κ3) is 2.69. The lowest BCUT2D eigenvalue weighted by Crippen LogP contribution is -2.58. The molecule has 102 valence electrons. The van der Waals surface area contributed by atoms with Gasteiger partial charge in [0.25, 0.3) is 0 Å². The number of ketones is 1. The van der Waals surface area contributed by atoms with Crippen LogP contribution in [0.25, 0.3) is 0 Å². The van der Waals surface area contributed by atoms with Crippen molar-refractivity contribution in [2.75, 3.05) is 0 Å². The van der Waals surface area contributed by atoms with E-state index in [0.717, 1.165) is 0 Å². The highest BCUT2D eigenvalue weighted by atomic mass is 16.6. The maximum absolute atomic E-state index is 12.1. The summed E-state index contributed by atoms with van der Waals surface area (Å²) in [5, 5.41) is 9.32. The predicted octanol–water partition coefficient (Wildman–Crippen LogP) is 0.479. The number of rotatable bonds is 2. The quantitative estimate of drug-likeness (QED) is 0.550. The molecule has 0 spiro atoms. The number of Topliss-reactive ketones (excluding diaryl/α,β-unsaturated/α-hetero) is 1. The second-order valence-electron chi connectivity index (χ2n) is 5.63. The van der Waals surface area contributed by atoms with Gasteiger partial charge >= 0.3 is 11.9 Å². The minimum atomic E-state index is -1.80. The molecule has 0 aromatic carbocycles. The van der Waals surface area contributed by atoms with Gasteiger partial charge in [-0.25, -0.2) is 0 Å². The summed E-state index contributed by atoms with van der Waals surface area (Å²) in [6.45, 7) is 4.96. The van der Waals surface area contributed by atoms with Crippen LogP contribution in [0, 0.1) is 5.41 Å². The van der Waals surface area contributed by atoms with Gasteiger partial charge in [0.2, 0.25) is 0 Å². The van der Waals surface area contributed by atoms with Gasteiger partial charge in [-0.15, -0.1) is 0 Å². The molecular weight excluding hydrogens is 238 g/mol. The second-order valence-corrected chi connectivity index (χ2v) is 5.63. The van der Waals surface area contributed by atoms with Crippen LogP contribution in [0.4, 0.5) is 0 Å². The zero-order valence-corrected chi connectivity index (χ0v) is 10.9. The number of esters is 1. The van der Waals surface area contributed by atoms with Crippen molar-refractivity contribution in [3.8, 4) is 0 Å². The molecule has 1 fully saturated rings. The van der Waals surface area contributed by atoms with E-state index >= 15 is 0 Å². The molecule has 1 aliphatic carbocycles. The topological polar surface area (TPSA) is 107 Å². The highest BCUT2D eigenvalue weighted by Crippen LogP contribution is 2.37. The molecule has 2 unspecified atom stereocenters. The van der Waals surface area contributed by atoms with Gasteiger partial charge in [-0.05, 0) is 27.2 Å². The predicted molar refractivity (Wildman–Crippen MR) is 62.7 cm³/mol. The maximum atomic E-state index is 12.1. The van der Waals surface area contributed by atoms with Gasteiger partial charge in [0.15, 0.2) is 5.41 Å². The van der Waals surface area contributed by atoms with Crippen molar-refractivity contribution in [3.05, 3.63) is 0 Å². The number of hydrogen-bond donors (Lipinski definition) is 2. The summed E-state index contributed by atoms with van der Waals surface area (Å²) < 4.78 is 5.14. The van der Waals surface area contributed by atoms with E-state index in [9.17, 15) is 19.5 Å². The minimum Gasteiger partial charge on any atom is -0.480 e. The molecule has 1 rings (SSSR count). The summed E-state index contributed by atoms with van der Waals surface area (Å²) in [5.41, 5.74) is 3.13. The summed E-state index contributed by atoms with van der Waals surface area (Å²) in [5.74, 6) is -2.30. The summed E-state index contributed by atoms with van der Waals surface area (Å²) >= 11 is 0. The number of hydrogen-bond acceptors (Lipinski definition) is 5. The standard InChI is InChI=1S/C12H19NO5/c1-11(2,3)18-10(17)12(9(15)16)5-4-7(14)6-8(12)13/h8H,4-6,13H2,1-3H3,(H,15,16). The van der Waals surface area contributed by atoms with Crippen LogP contribution in [0.1, 0.15) is 40.0 Å². The van der Waals surface area contributed by atoms with E-state index in [4.69, 9.17) is 10.5 Å². The Bertz CT molecular complexity index is 384. The van der Waals surface area contributed by atoms with E-state index in [-0.39, 0.29) is 25.0 Å². The number of nitrogens with two attached hydrogens (primary N) is 1. The van der Waals surface area contributed by atoms with Crippen molar-refractivity contribution in [1.82, 2.24) is 0 Å². The first-order chi connectivity index (χ1) is 8.09. The first-order valence-electron chi connectivity index (χ1n) is 5.84. The molecule has 0 saturated heterocycles. The fraction of sp³-hybridized carbons (Fsp3) is 0.750. The van der Waals surface area contributed by atoms with E-state index in [2.05, 4.69) is 0 Å². The molecule has 0 bridgehead atoms. The number of aliphatic carboxylic acids is 1. The largest absolute Gasteiger partial charge is 0.480 e. The first kappa shape index (κ1) is 14.6. The molecule has 1 aliphatic rings. The van der Waals surface area contributed by atoms with Crippen molar-refractivity contribution in [2.24, 2.45) is 11.1 Å². The average molecular weight is 257 g/mol. The lowest BCUT2D eigenvalue weighted by Gasteiger charge is -2.37. The lowest BCUT2D eigenvalue weighted by molar-refractivity contribution is -0.180. The van der Waals surface area contributed by atoms with Crippen molar-refractivity contribution >= 4 is 17.7 Å². The Hall–Kier alpha value is -1.43. The Labute approximate surface area is 105 Å². The summed E-state index contributed by atoms with van der Waals surface area (Å²) in [7, 11) is 0. The molecule has 0 aliphatic heterocycles. The number of carboxylic acids is 1. The summed E-state index contributed by atoms with van der Waals surface area (Å²) in [6.07, 6.45) is -0.165. The van der Waals surface area contributed by atoms with Crippen LogP contribution in [0.5, 0.6) is 0 Å². The average Bonchev–Trinajstić information content (AvgIpc) is 2.13. The SMILES string of the molecule is CC(C)(C)OC(=O)C1(C(=O)O)CCC(=O)CC1N. The van der Waals surface area contributed by atoms with E-state index in [1.54, 1.807) is 20.8 Å². The smallest absolute Gasteiger partial charge is 0.325 e. The molecule has 0 radical (unpaired) electrons. The van der Waals surface area contributed by atoms with E-state index < -0.39 is 29.0 Å². The molecule has 0 aromatic rings. The van der Waals surface area contributed by atoms with Gasteiger partial charge in [-0.2, -0.15) is 0 Å². The van der Waals surface area contributed by atoms with Gasteiger partial charge in [-0.3, -0.25) is 14.4 Å². The van der Waals surface area contributed by atoms with E-state index in [1.807, 2.05) is 0 Å². The molecule has 0 heterocycles. The third-order valence-electron chi connectivity index (χ3n) is 3.02. The zero-order valence-electron chi connectivity index (χ0n) is 10.9. The van der Waals surface area contributed by atoms with Crippen LogP contribution in [-0.4, -0.2) is 34.5 Å². The molecule has 6 nitrogen and oxygen atoms in total. The van der Waals surface area contributed by atoms with Gasteiger partial charge in [0.1, 0.15) is 11.4 Å². The van der Waals surface area contributed by atoms with Crippen LogP contribution < -0.4 is 5.73 Å². The minimum absolute atomic E-state index is 0.0409. The highest BCUT2D eigenvalue weighted by molar-refractivity contribution is 6.02. The van der Waals surface area contributed by atoms with Crippen molar-refractivity contribution in [2.45, 2.75) is 51.7 Å². The number of ether oxygens (including phenoxy) is 1. The second kappa shape index (κ2) is 4.68. The lowest BCUT2D eigenvalue weighted by atomic mass is 9.70. The monoisotopic (exact) mass is 257 g/mol. The molecule has 0 aromatic heterocycles. The molecule has 1 saturated carbocycles. The third-order valence-corrected chi connectivity index (χ3v) is 3.02. The van der Waals surface area contributed by atoms with Gasteiger partial charge < -0.3 is 15.6 Å². The highest BCUT2D eigenvalue weighted by Gasteiger charge is 2.55. The number of carboxylic acid groups (broad SMARTS) is 1. The normalized spacial score (nSPS) is 28.9. The van der Waals surface area contributed by atoms with Crippen molar-refractivity contribution in [1.29, 1.82) is 0 Å². The zero-order chi connectivity index (χ0) is 14.1. The molecule has 2 atom stereocenters. The Morgan fingerprint density at radius 2 is 2.00 bits per heavy atom. The molecule has 6 heteroatoms. The Morgan fingerprint density at radius 1 is 1.44 bits per heavy atom. The van der Waals surface area contributed by atoms with Crippen LogP contribution in [0.2, 0.25) is 0 Å². The molecule has 3 N–H and O–H groups in total. The van der Waals surface area contributed by atoms with Gasteiger partial charge in [0.05, 0.1) is 0 Å². The molecular formula is C12H19NO5. The van der Waals surface area contributed by atoms with E-state index in [1.165, 1.54) is 0 Å². The van der Waals surface area contributed by atoms with Crippen LogP contribution >= 0.6 is 0 Å². The summed E-state index contributed by atoms with van der Waals surface area (Å²) in [4.78, 5) is 34.8. The molecule has 18 heavy (non-hydrogen) atoms. The van der Waals surface area contributed by atoms with Crippen molar-refractivity contribution < 1.29 is 24.2 Å². The summed E-state index contributed by atoms with van der Waals surface area (Å²) in [6, 6.07) is -1.04. The maximum Gasteiger partial charge on any atom is 0.325 e. The van der Waals surface area contributed by atoms with Crippen molar-refractivity contribution in [3.63, 3.8) is 0 Å². The first-order valence-corrected chi connectivity index (χ1v) is 5.84. The number of carbonyl (C=O) groups excluding carboxylic acids is 2. The Morgan fingerprint density at radius 3 is 2.39 bits per heavy atom. The molecule has 0 amide bonds. The van der Waals surface area contributed by atoms with Gasteiger partial charge in [-0.1, -0.05) is 0 Å².